The molecule has 0 spiro atoms. The normalized spacial score (nSPS) is 12.6. The lowest BCUT2D eigenvalue weighted by atomic mass is 10.3. The average Bonchev–Trinajstić information content (AvgIpc) is 2.65. The average molecular weight is 379 g/mol. The number of rotatable bonds is 22. The van der Waals surface area contributed by atoms with Gasteiger partial charge in [-0.05, 0) is 26.2 Å². The highest BCUT2D eigenvalue weighted by Crippen LogP contribution is 2.06. The lowest BCUT2D eigenvalue weighted by Crippen LogP contribution is -2.21. The quantitative estimate of drug-likeness (QED) is 0.211. The summed E-state index contributed by atoms with van der Waals surface area (Å²) in [5.41, 5.74) is 0. The highest BCUT2D eigenvalue weighted by Gasteiger charge is 2.09. The molecule has 0 saturated carbocycles. The number of unbranched alkanes of at least 4 members (excludes halogenated alkanes) is 2. The van der Waals surface area contributed by atoms with Crippen LogP contribution in [-0.2, 0) is 28.4 Å². The van der Waals surface area contributed by atoms with Crippen molar-refractivity contribution in [3.05, 3.63) is 0 Å². The van der Waals surface area contributed by atoms with Crippen LogP contribution in [0.15, 0.2) is 0 Å². The molecule has 0 heterocycles. The van der Waals surface area contributed by atoms with E-state index in [1.165, 1.54) is 0 Å². The van der Waals surface area contributed by atoms with Crippen LogP contribution >= 0.6 is 0 Å². The van der Waals surface area contributed by atoms with Gasteiger partial charge in [-0.2, -0.15) is 0 Å². The van der Waals surface area contributed by atoms with E-state index in [1.54, 1.807) is 0 Å². The van der Waals surface area contributed by atoms with Gasteiger partial charge in [0, 0.05) is 32.8 Å². The predicted octanol–water partition coefficient (Wildman–Crippen LogP) is 3.81. The zero-order chi connectivity index (χ0) is 19.1. The summed E-state index contributed by atoms with van der Waals surface area (Å²) in [7, 11) is 0. The Morgan fingerprint density at radius 1 is 0.500 bits per heavy atom. The van der Waals surface area contributed by atoms with Crippen LogP contribution in [0.3, 0.4) is 0 Å². The van der Waals surface area contributed by atoms with Crippen molar-refractivity contribution in [2.75, 3.05) is 66.1 Å². The topological polar surface area (TPSA) is 55.4 Å². The van der Waals surface area contributed by atoms with Gasteiger partial charge in [0.25, 0.3) is 0 Å². The Morgan fingerprint density at radius 3 is 1.62 bits per heavy atom. The molecule has 0 aliphatic carbocycles. The van der Waals surface area contributed by atoms with E-state index >= 15 is 0 Å². The number of hydrogen-bond acceptors (Lipinski definition) is 6. The fourth-order valence-corrected chi connectivity index (χ4v) is 2.10. The summed E-state index contributed by atoms with van der Waals surface area (Å²) < 4.78 is 33.3. The second-order valence-corrected chi connectivity index (χ2v) is 6.05. The maximum Gasteiger partial charge on any atom is 0.157 e. The van der Waals surface area contributed by atoms with Crippen molar-refractivity contribution in [2.24, 2.45) is 0 Å². The Kier molecular flexibility index (Phi) is 22.6. The van der Waals surface area contributed by atoms with Crippen LogP contribution in [0.1, 0.15) is 59.3 Å². The van der Waals surface area contributed by atoms with Gasteiger partial charge >= 0.3 is 0 Å². The predicted molar refractivity (Wildman–Crippen MR) is 104 cm³/mol. The lowest BCUT2D eigenvalue weighted by molar-refractivity contribution is -0.156. The van der Waals surface area contributed by atoms with E-state index in [0.717, 1.165) is 51.7 Å². The van der Waals surface area contributed by atoms with E-state index in [1.807, 2.05) is 6.92 Å². The third-order valence-electron chi connectivity index (χ3n) is 3.65. The van der Waals surface area contributed by atoms with Crippen molar-refractivity contribution in [1.82, 2.24) is 0 Å². The molecule has 0 rings (SSSR count). The van der Waals surface area contributed by atoms with Crippen LogP contribution in [0, 0.1) is 0 Å². The molecule has 0 aromatic carbocycles. The standard InChI is InChI=1S/C20H42O6/c1-4-7-11-22-14-16-24-17-15-23-12-9-10-20(25-13-8-5-2)26-19-18-21-6-3/h20H,4-19H2,1-3H3. The molecular formula is C20H42O6. The molecular weight excluding hydrogens is 336 g/mol. The molecule has 0 fully saturated rings. The third-order valence-corrected chi connectivity index (χ3v) is 3.65. The van der Waals surface area contributed by atoms with E-state index < -0.39 is 0 Å². The van der Waals surface area contributed by atoms with Crippen LogP contribution in [0.25, 0.3) is 0 Å². The first-order valence-electron chi connectivity index (χ1n) is 10.4. The first-order valence-corrected chi connectivity index (χ1v) is 10.4. The van der Waals surface area contributed by atoms with Crippen molar-refractivity contribution in [1.29, 1.82) is 0 Å². The molecule has 0 amide bonds. The largest absolute Gasteiger partial charge is 0.379 e. The minimum absolute atomic E-state index is 0.165. The zero-order valence-electron chi connectivity index (χ0n) is 17.3. The summed E-state index contributed by atoms with van der Waals surface area (Å²) in [6, 6.07) is 0. The SMILES string of the molecule is CCCCOCCOCCOCCCC(OCCCC)OCCOCC. The summed E-state index contributed by atoms with van der Waals surface area (Å²) >= 11 is 0. The molecule has 1 atom stereocenters. The van der Waals surface area contributed by atoms with Crippen LogP contribution in [0.5, 0.6) is 0 Å². The van der Waals surface area contributed by atoms with E-state index in [2.05, 4.69) is 13.8 Å². The Labute approximate surface area is 160 Å². The minimum atomic E-state index is -0.165. The summed E-state index contributed by atoms with van der Waals surface area (Å²) in [4.78, 5) is 0. The highest BCUT2D eigenvalue weighted by atomic mass is 16.7. The maximum atomic E-state index is 5.79. The monoisotopic (exact) mass is 378 g/mol. The van der Waals surface area contributed by atoms with Crippen molar-refractivity contribution < 1.29 is 28.4 Å². The van der Waals surface area contributed by atoms with Crippen molar-refractivity contribution in [3.63, 3.8) is 0 Å². The summed E-state index contributed by atoms with van der Waals surface area (Å²) in [6.45, 7) is 13.0. The van der Waals surface area contributed by atoms with Gasteiger partial charge in [-0.3, -0.25) is 0 Å². The van der Waals surface area contributed by atoms with Crippen LogP contribution in [0.4, 0.5) is 0 Å². The van der Waals surface area contributed by atoms with Crippen molar-refractivity contribution in [2.45, 2.75) is 65.6 Å². The Hall–Kier alpha value is -0.240. The third kappa shape index (κ3) is 20.1. The molecule has 0 N–H and O–H groups in total. The first kappa shape index (κ1) is 25.8. The van der Waals surface area contributed by atoms with E-state index in [9.17, 15) is 0 Å². The van der Waals surface area contributed by atoms with Crippen molar-refractivity contribution >= 4 is 0 Å². The molecule has 0 aromatic rings. The Balaban J connectivity index is 3.49. The molecule has 0 aliphatic heterocycles. The fourth-order valence-electron chi connectivity index (χ4n) is 2.10. The van der Waals surface area contributed by atoms with Crippen LogP contribution < -0.4 is 0 Å². The van der Waals surface area contributed by atoms with Gasteiger partial charge in [0.05, 0.1) is 39.6 Å². The van der Waals surface area contributed by atoms with Gasteiger partial charge in [-0.1, -0.05) is 26.7 Å². The van der Waals surface area contributed by atoms with Gasteiger partial charge in [-0.25, -0.2) is 0 Å². The van der Waals surface area contributed by atoms with Gasteiger partial charge in [0.1, 0.15) is 0 Å². The van der Waals surface area contributed by atoms with Gasteiger partial charge < -0.3 is 28.4 Å². The van der Waals surface area contributed by atoms with Crippen LogP contribution in [0.2, 0.25) is 0 Å². The zero-order valence-corrected chi connectivity index (χ0v) is 17.3. The molecule has 0 saturated heterocycles. The Morgan fingerprint density at radius 2 is 1.00 bits per heavy atom. The van der Waals surface area contributed by atoms with Gasteiger partial charge in [-0.15, -0.1) is 0 Å². The number of ether oxygens (including phenoxy) is 6. The molecule has 6 heteroatoms. The maximum absolute atomic E-state index is 5.79. The molecule has 158 valence electrons. The van der Waals surface area contributed by atoms with Gasteiger partial charge in [0.15, 0.2) is 6.29 Å². The molecule has 0 radical (unpaired) electrons. The van der Waals surface area contributed by atoms with E-state index in [-0.39, 0.29) is 6.29 Å². The van der Waals surface area contributed by atoms with Gasteiger partial charge in [0.2, 0.25) is 0 Å². The Bertz CT molecular complexity index is 252. The summed E-state index contributed by atoms with van der Waals surface area (Å²) in [6.07, 6.45) is 6.04. The smallest absolute Gasteiger partial charge is 0.157 e. The second-order valence-electron chi connectivity index (χ2n) is 6.05. The lowest BCUT2D eigenvalue weighted by Gasteiger charge is -2.18. The molecule has 0 aliphatic rings. The minimum Gasteiger partial charge on any atom is -0.379 e. The number of hydrogen-bond donors (Lipinski definition) is 0. The molecule has 0 aromatic heterocycles. The molecule has 6 nitrogen and oxygen atoms in total. The van der Waals surface area contributed by atoms with E-state index in [4.69, 9.17) is 28.4 Å². The highest BCUT2D eigenvalue weighted by molar-refractivity contribution is 4.48. The van der Waals surface area contributed by atoms with Crippen molar-refractivity contribution in [3.8, 4) is 0 Å². The molecule has 0 bridgehead atoms. The fraction of sp³-hybridized carbons (Fsp3) is 1.00. The molecule has 1 unspecified atom stereocenters. The summed E-state index contributed by atoms with van der Waals surface area (Å²) in [5.74, 6) is 0. The summed E-state index contributed by atoms with van der Waals surface area (Å²) in [5, 5.41) is 0. The van der Waals surface area contributed by atoms with E-state index in [0.29, 0.717) is 52.9 Å². The van der Waals surface area contributed by atoms with Crippen LogP contribution in [-0.4, -0.2) is 72.4 Å². The second kappa shape index (κ2) is 22.8. The first-order chi connectivity index (χ1) is 12.8. The molecule has 26 heavy (non-hydrogen) atoms.